The fourth-order valence-corrected chi connectivity index (χ4v) is 1.85. The summed E-state index contributed by atoms with van der Waals surface area (Å²) in [6.07, 6.45) is -4.48. The number of hydrogen-bond donors (Lipinski definition) is 0. The van der Waals surface area contributed by atoms with Gasteiger partial charge in [0, 0.05) is 5.39 Å². The lowest BCUT2D eigenvalue weighted by Gasteiger charge is -2.07. The van der Waals surface area contributed by atoms with Gasteiger partial charge in [0.1, 0.15) is 0 Å². The van der Waals surface area contributed by atoms with Gasteiger partial charge in [-0.05, 0) is 24.3 Å². The molecule has 1 aromatic carbocycles. The average Bonchev–Trinajstić information content (AvgIpc) is 2.60. The van der Waals surface area contributed by atoms with Crippen molar-refractivity contribution >= 4 is 22.8 Å². The molecule has 0 atom stereocenters. The second kappa shape index (κ2) is 3.53. The lowest BCUT2D eigenvalue weighted by atomic mass is 10.1. The summed E-state index contributed by atoms with van der Waals surface area (Å²) in [4.78, 5) is 26.4. The van der Waals surface area contributed by atoms with Crippen molar-refractivity contribution in [2.75, 3.05) is 0 Å². The fourth-order valence-electron chi connectivity index (χ4n) is 1.85. The minimum absolute atomic E-state index is 0.114. The molecule has 1 aliphatic rings. The molecule has 0 aliphatic carbocycles. The Kier molecular flexibility index (Phi) is 2.16. The van der Waals surface area contributed by atoms with E-state index in [1.807, 2.05) is 0 Å². The molecule has 4 nitrogen and oxygen atoms in total. The number of fused-ring (bicyclic) bond motifs is 2. The minimum Gasteiger partial charge on any atom is -0.384 e. The predicted octanol–water partition coefficient (Wildman–Crippen LogP) is 2.56. The second-order valence-corrected chi connectivity index (χ2v) is 3.97. The highest BCUT2D eigenvalue weighted by atomic mass is 19.4. The number of alkyl halides is 3. The molecule has 7 heteroatoms. The van der Waals surface area contributed by atoms with Gasteiger partial charge < -0.3 is 4.74 Å². The Morgan fingerprint density at radius 2 is 1.79 bits per heavy atom. The number of esters is 2. The molecule has 0 amide bonds. The maximum Gasteiger partial charge on any atom is 0.416 e. The molecule has 1 aromatic heterocycles. The number of hydrogen-bond acceptors (Lipinski definition) is 4. The van der Waals surface area contributed by atoms with Crippen LogP contribution in [0.2, 0.25) is 0 Å². The van der Waals surface area contributed by atoms with Crippen LogP contribution in [0.25, 0.3) is 10.9 Å². The number of pyridine rings is 1. The molecule has 0 N–H and O–H groups in total. The molecule has 0 saturated carbocycles. The Morgan fingerprint density at radius 3 is 2.47 bits per heavy atom. The first-order valence-corrected chi connectivity index (χ1v) is 5.15. The van der Waals surface area contributed by atoms with E-state index in [1.54, 1.807) is 0 Å². The van der Waals surface area contributed by atoms with Crippen LogP contribution in [-0.4, -0.2) is 16.9 Å². The van der Waals surface area contributed by atoms with Crippen LogP contribution < -0.4 is 0 Å². The summed E-state index contributed by atoms with van der Waals surface area (Å²) in [5.74, 6) is -1.78. The summed E-state index contributed by atoms with van der Waals surface area (Å²) in [6.45, 7) is 0. The van der Waals surface area contributed by atoms with Crippen LogP contribution in [0, 0.1) is 0 Å². The molecule has 0 radical (unpaired) electrons. The van der Waals surface area contributed by atoms with Crippen molar-refractivity contribution in [3.63, 3.8) is 0 Å². The third-order valence-electron chi connectivity index (χ3n) is 2.74. The summed E-state index contributed by atoms with van der Waals surface area (Å²) in [5, 5.41) is 0.125. The van der Waals surface area contributed by atoms with Crippen LogP contribution in [0.4, 0.5) is 13.2 Å². The quantitative estimate of drug-likeness (QED) is 0.543. The SMILES string of the molecule is O=C1OC(=O)c2nc3ccc(C(F)(F)F)cc3cc21. The molecule has 0 bridgehead atoms. The van der Waals surface area contributed by atoms with Crippen LogP contribution >= 0.6 is 0 Å². The highest BCUT2D eigenvalue weighted by Crippen LogP contribution is 2.32. The number of benzene rings is 1. The Bertz CT molecular complexity index is 737. The molecule has 96 valence electrons. The molecule has 0 unspecified atom stereocenters. The number of ether oxygens (including phenoxy) is 1. The predicted molar refractivity (Wildman–Crippen MR) is 56.5 cm³/mol. The van der Waals surface area contributed by atoms with Crippen molar-refractivity contribution in [3.05, 3.63) is 41.1 Å². The monoisotopic (exact) mass is 267 g/mol. The first-order valence-electron chi connectivity index (χ1n) is 5.15. The van der Waals surface area contributed by atoms with Crippen LogP contribution in [0.5, 0.6) is 0 Å². The van der Waals surface area contributed by atoms with Crippen molar-refractivity contribution in [1.29, 1.82) is 0 Å². The van der Waals surface area contributed by atoms with E-state index in [2.05, 4.69) is 9.72 Å². The third-order valence-corrected chi connectivity index (χ3v) is 2.74. The Hall–Kier alpha value is -2.44. The number of carbonyl (C=O) groups excluding carboxylic acids is 2. The van der Waals surface area contributed by atoms with E-state index in [0.717, 1.165) is 18.2 Å². The molecule has 2 heterocycles. The van der Waals surface area contributed by atoms with E-state index < -0.39 is 23.7 Å². The van der Waals surface area contributed by atoms with Gasteiger partial charge in [-0.2, -0.15) is 13.2 Å². The summed E-state index contributed by atoms with van der Waals surface area (Å²) >= 11 is 0. The molecule has 1 aliphatic heterocycles. The van der Waals surface area contributed by atoms with E-state index in [-0.39, 0.29) is 22.2 Å². The number of halogens is 3. The van der Waals surface area contributed by atoms with Gasteiger partial charge in [-0.25, -0.2) is 14.6 Å². The molecule has 0 spiro atoms. The number of rotatable bonds is 0. The average molecular weight is 267 g/mol. The van der Waals surface area contributed by atoms with Gasteiger partial charge in [-0.1, -0.05) is 0 Å². The summed E-state index contributed by atoms with van der Waals surface area (Å²) < 4.78 is 42.0. The highest BCUT2D eigenvalue weighted by molar-refractivity contribution is 6.15. The van der Waals surface area contributed by atoms with E-state index in [4.69, 9.17) is 0 Å². The standard InChI is InChI=1S/C12H4F3NO3/c13-12(14,15)6-1-2-8-5(3-6)4-7-9(16-8)11(18)19-10(7)17/h1-4H. The normalized spacial score (nSPS) is 14.7. The van der Waals surface area contributed by atoms with Crippen molar-refractivity contribution in [2.24, 2.45) is 0 Å². The molecular weight excluding hydrogens is 263 g/mol. The Balaban J connectivity index is 2.26. The lowest BCUT2D eigenvalue weighted by molar-refractivity contribution is -0.137. The first-order chi connectivity index (χ1) is 8.86. The van der Waals surface area contributed by atoms with Gasteiger partial charge in [0.05, 0.1) is 16.6 Å². The van der Waals surface area contributed by atoms with Crippen LogP contribution in [0.1, 0.15) is 26.4 Å². The maximum absolute atomic E-state index is 12.6. The van der Waals surface area contributed by atoms with Crippen molar-refractivity contribution < 1.29 is 27.5 Å². The van der Waals surface area contributed by atoms with E-state index in [0.29, 0.717) is 0 Å². The number of nitrogens with zero attached hydrogens (tertiary/aromatic N) is 1. The molecule has 0 saturated heterocycles. The lowest BCUT2D eigenvalue weighted by Crippen LogP contribution is -2.05. The molecule has 2 aromatic rings. The third kappa shape index (κ3) is 1.74. The van der Waals surface area contributed by atoms with Gasteiger partial charge in [0.2, 0.25) is 0 Å². The topological polar surface area (TPSA) is 56.3 Å². The molecule has 3 rings (SSSR count). The number of aromatic nitrogens is 1. The Morgan fingerprint density at radius 1 is 1.05 bits per heavy atom. The molecule has 19 heavy (non-hydrogen) atoms. The van der Waals surface area contributed by atoms with E-state index >= 15 is 0 Å². The van der Waals surface area contributed by atoms with Gasteiger partial charge in [-0.3, -0.25) is 0 Å². The van der Waals surface area contributed by atoms with Gasteiger partial charge in [0.15, 0.2) is 5.69 Å². The number of cyclic esters (lactones) is 2. The highest BCUT2D eigenvalue weighted by Gasteiger charge is 2.33. The molecular formula is C12H4F3NO3. The zero-order chi connectivity index (χ0) is 13.8. The van der Waals surface area contributed by atoms with Gasteiger partial charge >= 0.3 is 18.1 Å². The minimum atomic E-state index is -4.48. The zero-order valence-corrected chi connectivity index (χ0v) is 9.12. The summed E-state index contributed by atoms with van der Waals surface area (Å²) in [7, 11) is 0. The second-order valence-electron chi connectivity index (χ2n) is 3.97. The fraction of sp³-hybridized carbons (Fsp3) is 0.0833. The molecule has 0 fully saturated rings. The van der Waals surface area contributed by atoms with E-state index in [9.17, 15) is 22.8 Å². The smallest absolute Gasteiger partial charge is 0.384 e. The van der Waals surface area contributed by atoms with Crippen molar-refractivity contribution in [2.45, 2.75) is 6.18 Å². The number of carbonyl (C=O) groups is 2. The van der Waals surface area contributed by atoms with Crippen molar-refractivity contribution in [3.8, 4) is 0 Å². The summed E-state index contributed by atoms with van der Waals surface area (Å²) in [5.41, 5.74) is -0.938. The van der Waals surface area contributed by atoms with Crippen LogP contribution in [0.15, 0.2) is 24.3 Å². The van der Waals surface area contributed by atoms with Gasteiger partial charge in [0.25, 0.3) is 0 Å². The van der Waals surface area contributed by atoms with Crippen LogP contribution in [-0.2, 0) is 10.9 Å². The van der Waals surface area contributed by atoms with Crippen LogP contribution in [0.3, 0.4) is 0 Å². The summed E-state index contributed by atoms with van der Waals surface area (Å²) in [6, 6.07) is 4.07. The zero-order valence-electron chi connectivity index (χ0n) is 9.12. The maximum atomic E-state index is 12.6. The Labute approximate surface area is 103 Å². The largest absolute Gasteiger partial charge is 0.416 e. The first kappa shape index (κ1) is 11.6. The van der Waals surface area contributed by atoms with Crippen molar-refractivity contribution in [1.82, 2.24) is 4.98 Å². The van der Waals surface area contributed by atoms with Gasteiger partial charge in [-0.15, -0.1) is 0 Å². The van der Waals surface area contributed by atoms with E-state index in [1.165, 1.54) is 6.07 Å².